The number of halogens is 4. The van der Waals surface area contributed by atoms with Crippen LogP contribution < -0.4 is 5.32 Å². The molecule has 1 aromatic carbocycles. The number of alkyl halides is 3. The first-order valence-electron chi connectivity index (χ1n) is 4.78. The maximum absolute atomic E-state index is 12.9. The zero-order chi connectivity index (χ0) is 13.3. The molecule has 2 nitrogen and oxygen atoms in total. The molecule has 1 rings (SSSR count). The van der Waals surface area contributed by atoms with Gasteiger partial charge in [-0.1, -0.05) is 12.1 Å². The van der Waals surface area contributed by atoms with E-state index < -0.39 is 23.4 Å². The van der Waals surface area contributed by atoms with Crippen LogP contribution in [0, 0.1) is 5.82 Å². The van der Waals surface area contributed by atoms with Crippen LogP contribution in [-0.2, 0) is 10.3 Å². The quantitative estimate of drug-likeness (QED) is 0.802. The summed E-state index contributed by atoms with van der Waals surface area (Å²) in [7, 11) is 0. The van der Waals surface area contributed by atoms with Gasteiger partial charge < -0.3 is 5.32 Å². The molecule has 0 unspecified atom stereocenters. The number of rotatable bonds is 2. The lowest BCUT2D eigenvalue weighted by Gasteiger charge is -2.27. The predicted molar refractivity (Wildman–Crippen MR) is 53.6 cm³/mol. The molecule has 1 amide bonds. The standard InChI is InChI=1S/C11H11F4NO/c1-10(2,16-9(17)11(13,14)15)7-4-3-5-8(12)6-7/h3-6H,1-2H3,(H,16,17). The van der Waals surface area contributed by atoms with E-state index in [1.165, 1.54) is 32.0 Å². The monoisotopic (exact) mass is 249 g/mol. The van der Waals surface area contributed by atoms with Crippen LogP contribution in [0.15, 0.2) is 24.3 Å². The van der Waals surface area contributed by atoms with Crippen LogP contribution >= 0.6 is 0 Å². The Morgan fingerprint density at radius 1 is 1.24 bits per heavy atom. The van der Waals surface area contributed by atoms with E-state index in [1.54, 1.807) is 0 Å². The topological polar surface area (TPSA) is 29.1 Å². The van der Waals surface area contributed by atoms with Gasteiger partial charge in [0.1, 0.15) is 5.82 Å². The third kappa shape index (κ3) is 3.44. The van der Waals surface area contributed by atoms with Crippen molar-refractivity contribution in [3.8, 4) is 0 Å². The Balaban J connectivity index is 2.93. The van der Waals surface area contributed by atoms with Crippen LogP contribution in [-0.4, -0.2) is 12.1 Å². The van der Waals surface area contributed by atoms with Crippen molar-refractivity contribution >= 4 is 5.91 Å². The van der Waals surface area contributed by atoms with Gasteiger partial charge in [-0.2, -0.15) is 13.2 Å². The fourth-order valence-electron chi connectivity index (χ4n) is 1.30. The highest BCUT2D eigenvalue weighted by Crippen LogP contribution is 2.23. The summed E-state index contributed by atoms with van der Waals surface area (Å²) in [6.45, 7) is 2.73. The molecule has 0 aromatic heterocycles. The average molecular weight is 249 g/mol. The molecule has 94 valence electrons. The van der Waals surface area contributed by atoms with E-state index in [0.29, 0.717) is 0 Å². The molecule has 6 heteroatoms. The minimum absolute atomic E-state index is 0.259. The largest absolute Gasteiger partial charge is 0.471 e. The van der Waals surface area contributed by atoms with Crippen molar-refractivity contribution in [2.24, 2.45) is 0 Å². The van der Waals surface area contributed by atoms with Crippen molar-refractivity contribution in [1.29, 1.82) is 0 Å². The van der Waals surface area contributed by atoms with E-state index in [4.69, 9.17) is 0 Å². The minimum Gasteiger partial charge on any atom is -0.339 e. The van der Waals surface area contributed by atoms with E-state index in [1.807, 2.05) is 5.32 Å². The predicted octanol–water partition coefficient (Wildman–Crippen LogP) is 2.74. The highest BCUT2D eigenvalue weighted by atomic mass is 19.4. The number of hydrogen-bond donors (Lipinski definition) is 1. The van der Waals surface area contributed by atoms with Gasteiger partial charge in [-0.25, -0.2) is 4.39 Å². The number of amides is 1. The van der Waals surface area contributed by atoms with E-state index in [-0.39, 0.29) is 5.56 Å². The summed E-state index contributed by atoms with van der Waals surface area (Å²) in [6.07, 6.45) is -4.95. The molecule has 0 aliphatic carbocycles. The Bertz CT molecular complexity index is 426. The fraction of sp³-hybridized carbons (Fsp3) is 0.364. The number of hydrogen-bond acceptors (Lipinski definition) is 1. The van der Waals surface area contributed by atoms with Crippen LogP contribution in [0.1, 0.15) is 19.4 Å². The highest BCUT2D eigenvalue weighted by Gasteiger charge is 2.41. The summed E-state index contributed by atoms with van der Waals surface area (Å²) in [5.74, 6) is -2.62. The summed E-state index contributed by atoms with van der Waals surface area (Å²) in [4.78, 5) is 10.8. The lowest BCUT2D eigenvalue weighted by atomic mass is 9.94. The van der Waals surface area contributed by atoms with E-state index in [2.05, 4.69) is 0 Å². The van der Waals surface area contributed by atoms with Crippen molar-refractivity contribution in [3.05, 3.63) is 35.6 Å². The van der Waals surface area contributed by atoms with Crippen molar-refractivity contribution in [3.63, 3.8) is 0 Å². The van der Waals surface area contributed by atoms with Gasteiger partial charge in [-0.15, -0.1) is 0 Å². The average Bonchev–Trinajstić information content (AvgIpc) is 2.15. The van der Waals surface area contributed by atoms with Gasteiger partial charge in [0.25, 0.3) is 0 Å². The summed E-state index contributed by atoms with van der Waals surface area (Å²) in [6, 6.07) is 5.06. The van der Waals surface area contributed by atoms with Gasteiger partial charge in [-0.05, 0) is 31.5 Å². The van der Waals surface area contributed by atoms with Crippen LogP contribution in [0.25, 0.3) is 0 Å². The molecule has 0 spiro atoms. The van der Waals surface area contributed by atoms with Gasteiger partial charge in [0.2, 0.25) is 0 Å². The number of carbonyl (C=O) groups excluding carboxylic acids is 1. The third-order valence-electron chi connectivity index (χ3n) is 2.23. The first-order chi connectivity index (χ1) is 7.63. The van der Waals surface area contributed by atoms with Crippen molar-refractivity contribution in [2.75, 3.05) is 0 Å². The second-order valence-corrected chi connectivity index (χ2v) is 4.09. The molecule has 0 fully saturated rings. The molecule has 0 radical (unpaired) electrons. The van der Waals surface area contributed by atoms with E-state index in [9.17, 15) is 22.4 Å². The van der Waals surface area contributed by atoms with Crippen LogP contribution in [0.3, 0.4) is 0 Å². The molecule has 0 saturated carbocycles. The molecular weight excluding hydrogens is 238 g/mol. The maximum atomic E-state index is 12.9. The second-order valence-electron chi connectivity index (χ2n) is 4.09. The number of benzene rings is 1. The summed E-state index contributed by atoms with van der Waals surface area (Å²) in [5.41, 5.74) is -1.04. The fourth-order valence-corrected chi connectivity index (χ4v) is 1.30. The Morgan fingerprint density at radius 2 is 1.82 bits per heavy atom. The minimum atomic E-state index is -4.95. The second kappa shape index (κ2) is 4.35. The van der Waals surface area contributed by atoms with Crippen molar-refractivity contribution in [2.45, 2.75) is 25.6 Å². The van der Waals surface area contributed by atoms with Gasteiger partial charge >= 0.3 is 12.1 Å². The molecule has 0 aliphatic rings. The first-order valence-corrected chi connectivity index (χ1v) is 4.78. The molecule has 0 heterocycles. The summed E-state index contributed by atoms with van der Waals surface area (Å²) >= 11 is 0. The molecule has 0 bridgehead atoms. The van der Waals surface area contributed by atoms with Crippen molar-refractivity contribution in [1.82, 2.24) is 5.32 Å². The zero-order valence-corrected chi connectivity index (χ0v) is 9.23. The molecule has 0 saturated heterocycles. The molecule has 1 N–H and O–H groups in total. The molecule has 0 aliphatic heterocycles. The Kier molecular flexibility index (Phi) is 3.45. The SMILES string of the molecule is CC(C)(NC(=O)C(F)(F)F)c1cccc(F)c1. The Labute approximate surface area is 95.6 Å². The van der Waals surface area contributed by atoms with Gasteiger partial charge in [0.15, 0.2) is 0 Å². The van der Waals surface area contributed by atoms with Crippen LogP contribution in [0.4, 0.5) is 17.6 Å². The molecule has 17 heavy (non-hydrogen) atoms. The van der Waals surface area contributed by atoms with E-state index in [0.717, 1.165) is 6.07 Å². The highest BCUT2D eigenvalue weighted by molar-refractivity contribution is 5.82. The molecule has 0 atom stereocenters. The van der Waals surface area contributed by atoms with Gasteiger partial charge in [0.05, 0.1) is 5.54 Å². The Morgan fingerprint density at radius 3 is 2.29 bits per heavy atom. The lowest BCUT2D eigenvalue weighted by molar-refractivity contribution is -0.175. The summed E-state index contributed by atoms with van der Waals surface area (Å²) < 4.78 is 49.2. The smallest absolute Gasteiger partial charge is 0.339 e. The lowest BCUT2D eigenvalue weighted by Crippen LogP contribution is -2.47. The number of carbonyl (C=O) groups is 1. The van der Waals surface area contributed by atoms with Crippen LogP contribution in [0.5, 0.6) is 0 Å². The molecule has 1 aromatic rings. The van der Waals surface area contributed by atoms with Gasteiger partial charge in [0, 0.05) is 0 Å². The first kappa shape index (κ1) is 13.5. The van der Waals surface area contributed by atoms with Crippen LogP contribution in [0.2, 0.25) is 0 Å². The summed E-state index contributed by atoms with van der Waals surface area (Å²) in [5, 5.41) is 1.81. The molecular formula is C11H11F4NO. The van der Waals surface area contributed by atoms with E-state index >= 15 is 0 Å². The Hall–Kier alpha value is -1.59. The van der Waals surface area contributed by atoms with Gasteiger partial charge in [-0.3, -0.25) is 4.79 Å². The normalized spacial score (nSPS) is 12.4. The number of nitrogens with one attached hydrogen (secondary N) is 1. The zero-order valence-electron chi connectivity index (χ0n) is 9.23. The third-order valence-corrected chi connectivity index (χ3v) is 2.23. The maximum Gasteiger partial charge on any atom is 0.471 e. The van der Waals surface area contributed by atoms with Crippen molar-refractivity contribution < 1.29 is 22.4 Å².